The molecule has 1 aromatic rings. The van der Waals surface area contributed by atoms with Crippen molar-refractivity contribution in [2.24, 2.45) is 0 Å². The van der Waals surface area contributed by atoms with Crippen LogP contribution >= 0.6 is 11.6 Å². The van der Waals surface area contributed by atoms with E-state index in [-0.39, 0.29) is 24.0 Å². The molecule has 7 heteroatoms. The number of halogens is 4. The van der Waals surface area contributed by atoms with E-state index in [2.05, 4.69) is 4.74 Å². The van der Waals surface area contributed by atoms with Crippen LogP contribution in [0, 0.1) is 0 Å². The van der Waals surface area contributed by atoms with Crippen molar-refractivity contribution in [2.75, 3.05) is 6.61 Å². The molecule has 0 aliphatic heterocycles. The molecule has 0 saturated heterocycles. The number of rotatable bonds is 5. The number of ether oxygens (including phenoxy) is 2. The first-order valence-electron chi connectivity index (χ1n) is 5.51. The molecule has 0 amide bonds. The number of carbonyl (C=O) groups is 1. The third-order valence-electron chi connectivity index (χ3n) is 2.15. The Kier molecular flexibility index (Phi) is 5.47. The van der Waals surface area contributed by atoms with Crippen molar-refractivity contribution in [3.05, 3.63) is 28.8 Å². The van der Waals surface area contributed by atoms with E-state index in [1.807, 2.05) is 0 Å². The molecule has 0 aliphatic carbocycles. The Bertz CT molecular complexity index is 446. The Morgan fingerprint density at radius 1 is 1.37 bits per heavy atom. The van der Waals surface area contributed by atoms with Crippen LogP contribution < -0.4 is 4.74 Å². The molecule has 0 unspecified atom stereocenters. The highest BCUT2D eigenvalue weighted by Crippen LogP contribution is 2.30. The van der Waals surface area contributed by atoms with Gasteiger partial charge in [-0.1, -0.05) is 17.7 Å². The van der Waals surface area contributed by atoms with E-state index < -0.39 is 12.1 Å². The van der Waals surface area contributed by atoms with Gasteiger partial charge < -0.3 is 9.47 Å². The number of aryl methyl sites for hydroxylation is 1. The van der Waals surface area contributed by atoms with Crippen LogP contribution in [0.4, 0.5) is 13.2 Å². The van der Waals surface area contributed by atoms with Gasteiger partial charge >= 0.3 is 12.3 Å². The normalized spacial score (nSPS) is 11.2. The fraction of sp³-hybridized carbons (Fsp3) is 0.417. The van der Waals surface area contributed by atoms with E-state index in [0.717, 1.165) is 6.07 Å². The summed E-state index contributed by atoms with van der Waals surface area (Å²) < 4.78 is 44.5. The minimum Gasteiger partial charge on any atom is -0.466 e. The molecule has 0 fully saturated rings. The number of hydrogen-bond donors (Lipinski definition) is 0. The first-order valence-corrected chi connectivity index (χ1v) is 5.89. The largest absolute Gasteiger partial charge is 0.573 e. The van der Waals surface area contributed by atoms with Crippen LogP contribution in [-0.2, 0) is 16.0 Å². The summed E-state index contributed by atoms with van der Waals surface area (Å²) in [5, 5.41) is -0.154. The van der Waals surface area contributed by atoms with Gasteiger partial charge in [0.25, 0.3) is 0 Å². The lowest BCUT2D eigenvalue weighted by molar-refractivity contribution is -0.274. The van der Waals surface area contributed by atoms with Crippen LogP contribution in [0.15, 0.2) is 18.2 Å². The second-order valence-corrected chi connectivity index (χ2v) is 4.02. The molecule has 0 heterocycles. The van der Waals surface area contributed by atoms with Crippen molar-refractivity contribution < 1.29 is 27.4 Å². The molecule has 0 saturated carbocycles. The average molecular weight is 297 g/mol. The molecule has 0 atom stereocenters. The highest BCUT2D eigenvalue weighted by atomic mass is 35.5. The predicted molar refractivity (Wildman–Crippen MR) is 63.1 cm³/mol. The van der Waals surface area contributed by atoms with Crippen LogP contribution in [0.25, 0.3) is 0 Å². The Morgan fingerprint density at radius 2 is 2.05 bits per heavy atom. The van der Waals surface area contributed by atoms with Gasteiger partial charge in [0.1, 0.15) is 5.75 Å². The third-order valence-corrected chi connectivity index (χ3v) is 2.44. The molecule has 0 bridgehead atoms. The first kappa shape index (κ1) is 15.6. The third kappa shape index (κ3) is 5.83. The van der Waals surface area contributed by atoms with Gasteiger partial charge in [0.2, 0.25) is 0 Å². The molecule has 1 rings (SSSR count). The smallest absolute Gasteiger partial charge is 0.466 e. The molecule has 0 aliphatic rings. The average Bonchev–Trinajstić information content (AvgIpc) is 2.28. The van der Waals surface area contributed by atoms with Crippen LogP contribution in [0.2, 0.25) is 5.02 Å². The molecular weight excluding hydrogens is 285 g/mol. The molecule has 3 nitrogen and oxygen atoms in total. The maximum Gasteiger partial charge on any atom is 0.573 e. The Labute approximate surface area is 113 Å². The Balaban J connectivity index is 2.64. The van der Waals surface area contributed by atoms with Gasteiger partial charge in [-0.25, -0.2) is 0 Å². The SMILES string of the molecule is CCOC(=O)CCc1ccc(OC(F)(F)F)c(Cl)c1. The minimum absolute atomic E-state index is 0.143. The van der Waals surface area contributed by atoms with E-state index in [9.17, 15) is 18.0 Å². The summed E-state index contributed by atoms with van der Waals surface area (Å²) in [7, 11) is 0. The van der Waals surface area contributed by atoms with Crippen LogP contribution in [0.1, 0.15) is 18.9 Å². The molecule has 0 N–H and O–H groups in total. The van der Waals surface area contributed by atoms with Gasteiger partial charge in [0, 0.05) is 6.42 Å². The molecular formula is C12H12ClF3O3. The monoisotopic (exact) mass is 296 g/mol. The summed E-state index contributed by atoms with van der Waals surface area (Å²) in [6.07, 6.45) is -4.30. The van der Waals surface area contributed by atoms with E-state index in [0.29, 0.717) is 12.0 Å². The van der Waals surface area contributed by atoms with Gasteiger partial charge in [0.15, 0.2) is 0 Å². The zero-order valence-corrected chi connectivity index (χ0v) is 10.8. The predicted octanol–water partition coefficient (Wildman–Crippen LogP) is 3.73. The Morgan fingerprint density at radius 3 is 2.58 bits per heavy atom. The lowest BCUT2D eigenvalue weighted by atomic mass is 10.1. The van der Waals surface area contributed by atoms with Gasteiger partial charge in [-0.15, -0.1) is 13.2 Å². The number of alkyl halides is 3. The van der Waals surface area contributed by atoms with Crippen molar-refractivity contribution in [1.29, 1.82) is 0 Å². The summed E-state index contributed by atoms with van der Waals surface area (Å²) >= 11 is 5.67. The lowest BCUT2D eigenvalue weighted by Crippen LogP contribution is -2.17. The summed E-state index contributed by atoms with van der Waals surface area (Å²) in [6, 6.07) is 3.88. The van der Waals surface area contributed by atoms with E-state index in [1.165, 1.54) is 12.1 Å². The van der Waals surface area contributed by atoms with Gasteiger partial charge in [-0.2, -0.15) is 0 Å². The molecule has 106 valence electrons. The molecule has 0 spiro atoms. The first-order chi connectivity index (χ1) is 8.81. The summed E-state index contributed by atoms with van der Waals surface area (Å²) in [4.78, 5) is 11.1. The second kappa shape index (κ2) is 6.65. The number of carbonyl (C=O) groups excluding carboxylic acids is 1. The van der Waals surface area contributed by atoms with Crippen molar-refractivity contribution in [3.63, 3.8) is 0 Å². The molecule has 1 aromatic carbocycles. The quantitative estimate of drug-likeness (QED) is 0.777. The van der Waals surface area contributed by atoms with Crippen molar-refractivity contribution >= 4 is 17.6 Å². The summed E-state index contributed by atoms with van der Waals surface area (Å²) in [5.74, 6) is -0.830. The van der Waals surface area contributed by atoms with Crippen molar-refractivity contribution in [2.45, 2.75) is 26.1 Å². The maximum absolute atomic E-state index is 12.0. The Hall–Kier alpha value is -1.43. The van der Waals surface area contributed by atoms with Crippen LogP contribution in [0.3, 0.4) is 0 Å². The summed E-state index contributed by atoms with van der Waals surface area (Å²) in [5.41, 5.74) is 0.632. The van der Waals surface area contributed by atoms with E-state index in [4.69, 9.17) is 16.3 Å². The lowest BCUT2D eigenvalue weighted by Gasteiger charge is -2.11. The highest BCUT2D eigenvalue weighted by Gasteiger charge is 2.32. The van der Waals surface area contributed by atoms with Crippen LogP contribution in [0.5, 0.6) is 5.75 Å². The molecule has 0 radical (unpaired) electrons. The summed E-state index contributed by atoms with van der Waals surface area (Å²) in [6.45, 7) is 1.98. The number of benzene rings is 1. The van der Waals surface area contributed by atoms with Gasteiger partial charge in [0.05, 0.1) is 11.6 Å². The number of esters is 1. The maximum atomic E-state index is 12.0. The highest BCUT2D eigenvalue weighted by molar-refractivity contribution is 6.32. The van der Waals surface area contributed by atoms with E-state index in [1.54, 1.807) is 6.92 Å². The fourth-order valence-electron chi connectivity index (χ4n) is 1.39. The minimum atomic E-state index is -4.78. The van der Waals surface area contributed by atoms with Gasteiger partial charge in [-0.05, 0) is 31.0 Å². The topological polar surface area (TPSA) is 35.5 Å². The zero-order valence-electron chi connectivity index (χ0n) is 10.1. The number of hydrogen-bond acceptors (Lipinski definition) is 3. The molecule has 19 heavy (non-hydrogen) atoms. The van der Waals surface area contributed by atoms with Crippen LogP contribution in [-0.4, -0.2) is 18.9 Å². The standard InChI is InChI=1S/C12H12ClF3O3/c1-2-18-11(17)6-4-8-3-5-10(9(13)7-8)19-12(14,15)16/h3,5,7H,2,4,6H2,1H3. The zero-order chi connectivity index (χ0) is 14.5. The van der Waals surface area contributed by atoms with E-state index >= 15 is 0 Å². The van der Waals surface area contributed by atoms with Crippen molar-refractivity contribution in [1.82, 2.24) is 0 Å². The van der Waals surface area contributed by atoms with Gasteiger partial charge in [-0.3, -0.25) is 4.79 Å². The molecule has 0 aromatic heterocycles. The van der Waals surface area contributed by atoms with Crippen molar-refractivity contribution in [3.8, 4) is 5.75 Å². The fourth-order valence-corrected chi connectivity index (χ4v) is 1.63. The second-order valence-electron chi connectivity index (χ2n) is 3.62.